The zero-order valence-electron chi connectivity index (χ0n) is 16.3. The molecule has 0 spiro atoms. The molecule has 28 heavy (non-hydrogen) atoms. The summed E-state index contributed by atoms with van der Waals surface area (Å²) >= 11 is 0. The number of pyridine rings is 1. The van der Waals surface area contributed by atoms with Crippen LogP contribution in [-0.4, -0.2) is 92.2 Å². The molecular formula is C20H29N5O3. The number of hydrogen-bond donors (Lipinski definition) is 1. The number of piperazine rings is 1. The molecule has 4 rings (SSSR count). The van der Waals surface area contributed by atoms with E-state index in [1.807, 2.05) is 21.9 Å². The molecule has 2 atom stereocenters. The van der Waals surface area contributed by atoms with Crippen molar-refractivity contribution in [3.8, 4) is 0 Å². The van der Waals surface area contributed by atoms with Crippen LogP contribution in [0.3, 0.4) is 0 Å². The fourth-order valence-electron chi connectivity index (χ4n) is 4.36. The lowest BCUT2D eigenvalue weighted by Crippen LogP contribution is -2.54. The Morgan fingerprint density at radius 3 is 2.07 bits per heavy atom. The highest BCUT2D eigenvalue weighted by atomic mass is 16.5. The Morgan fingerprint density at radius 2 is 1.46 bits per heavy atom. The van der Waals surface area contributed by atoms with E-state index in [0.717, 1.165) is 31.9 Å². The van der Waals surface area contributed by atoms with Crippen LogP contribution in [0.2, 0.25) is 0 Å². The Kier molecular flexibility index (Phi) is 6.07. The van der Waals surface area contributed by atoms with Crippen LogP contribution in [0, 0.1) is 11.8 Å². The molecule has 0 bridgehead atoms. The van der Waals surface area contributed by atoms with E-state index in [9.17, 15) is 9.59 Å². The Hall–Kier alpha value is -2.19. The maximum atomic E-state index is 13.1. The molecular weight excluding hydrogens is 358 g/mol. The number of anilines is 1. The first-order valence-corrected chi connectivity index (χ1v) is 10.2. The van der Waals surface area contributed by atoms with Gasteiger partial charge in [0.05, 0.1) is 25.0 Å². The van der Waals surface area contributed by atoms with E-state index in [4.69, 9.17) is 4.74 Å². The summed E-state index contributed by atoms with van der Waals surface area (Å²) in [5.41, 5.74) is 1.15. The number of carbonyl (C=O) groups excluding carboxylic acids is 2. The van der Waals surface area contributed by atoms with Crippen LogP contribution in [0.15, 0.2) is 24.5 Å². The SMILES string of the molecule is O=C(C1CNCC(C(=O)N2CCN(c3ccncc3)CC2)C1)N1CCOCC1. The number of rotatable bonds is 3. The number of nitrogens with one attached hydrogen (secondary N) is 1. The number of hydrogen-bond acceptors (Lipinski definition) is 6. The third-order valence-electron chi connectivity index (χ3n) is 5.99. The van der Waals surface area contributed by atoms with Crippen molar-refractivity contribution in [1.29, 1.82) is 0 Å². The minimum absolute atomic E-state index is 0.112. The van der Waals surface area contributed by atoms with E-state index in [1.165, 1.54) is 0 Å². The van der Waals surface area contributed by atoms with Gasteiger partial charge in [-0.25, -0.2) is 0 Å². The van der Waals surface area contributed by atoms with Crippen LogP contribution in [0.5, 0.6) is 0 Å². The molecule has 1 N–H and O–H groups in total. The van der Waals surface area contributed by atoms with Crippen molar-refractivity contribution >= 4 is 17.5 Å². The van der Waals surface area contributed by atoms with Gasteiger partial charge in [-0.2, -0.15) is 0 Å². The van der Waals surface area contributed by atoms with Crippen LogP contribution in [-0.2, 0) is 14.3 Å². The summed E-state index contributed by atoms with van der Waals surface area (Å²) in [5, 5.41) is 3.32. The topological polar surface area (TPSA) is 78.0 Å². The Bertz CT molecular complexity index is 672. The van der Waals surface area contributed by atoms with E-state index < -0.39 is 0 Å². The molecule has 8 heteroatoms. The summed E-state index contributed by atoms with van der Waals surface area (Å²) in [6.07, 6.45) is 4.24. The second-order valence-electron chi connectivity index (χ2n) is 7.74. The van der Waals surface area contributed by atoms with Gasteiger partial charge in [0, 0.05) is 70.4 Å². The number of amides is 2. The summed E-state index contributed by atoms with van der Waals surface area (Å²) < 4.78 is 5.34. The summed E-state index contributed by atoms with van der Waals surface area (Å²) in [4.78, 5) is 36.0. The summed E-state index contributed by atoms with van der Waals surface area (Å²) in [6, 6.07) is 4.01. The number of piperidine rings is 1. The van der Waals surface area contributed by atoms with Gasteiger partial charge in [0.2, 0.25) is 11.8 Å². The maximum absolute atomic E-state index is 13.1. The fraction of sp³-hybridized carbons (Fsp3) is 0.650. The van der Waals surface area contributed by atoms with Gasteiger partial charge in [-0.3, -0.25) is 14.6 Å². The standard InChI is InChI=1S/C20H29N5O3/c26-19(24-7-5-23(6-8-24)18-1-3-21-4-2-18)16-13-17(15-22-14-16)20(27)25-9-11-28-12-10-25/h1-4,16-17,22H,5-15H2. The molecule has 3 aliphatic rings. The van der Waals surface area contributed by atoms with Gasteiger partial charge in [-0.1, -0.05) is 0 Å². The van der Waals surface area contributed by atoms with Gasteiger partial charge in [0.1, 0.15) is 0 Å². The molecule has 2 unspecified atom stereocenters. The molecule has 0 aliphatic carbocycles. The van der Waals surface area contributed by atoms with Crippen molar-refractivity contribution in [2.75, 3.05) is 70.5 Å². The average molecular weight is 387 g/mol. The molecule has 3 saturated heterocycles. The maximum Gasteiger partial charge on any atom is 0.227 e. The molecule has 152 valence electrons. The second-order valence-corrected chi connectivity index (χ2v) is 7.74. The minimum Gasteiger partial charge on any atom is -0.378 e. The van der Waals surface area contributed by atoms with Crippen LogP contribution >= 0.6 is 0 Å². The van der Waals surface area contributed by atoms with Gasteiger partial charge >= 0.3 is 0 Å². The van der Waals surface area contributed by atoms with E-state index in [1.54, 1.807) is 12.4 Å². The van der Waals surface area contributed by atoms with Crippen molar-refractivity contribution in [1.82, 2.24) is 20.1 Å². The highest BCUT2D eigenvalue weighted by Crippen LogP contribution is 2.23. The summed E-state index contributed by atoms with van der Waals surface area (Å²) in [7, 11) is 0. The lowest BCUT2D eigenvalue weighted by Gasteiger charge is -2.39. The lowest BCUT2D eigenvalue weighted by atomic mass is 9.88. The minimum atomic E-state index is -0.115. The molecule has 3 aliphatic heterocycles. The Balaban J connectivity index is 1.30. The molecule has 0 saturated carbocycles. The third kappa shape index (κ3) is 4.28. The Morgan fingerprint density at radius 1 is 0.893 bits per heavy atom. The van der Waals surface area contributed by atoms with E-state index >= 15 is 0 Å². The number of carbonyl (C=O) groups is 2. The van der Waals surface area contributed by atoms with Crippen LogP contribution < -0.4 is 10.2 Å². The van der Waals surface area contributed by atoms with Gasteiger partial charge in [0.15, 0.2) is 0 Å². The lowest BCUT2D eigenvalue weighted by molar-refractivity contribution is -0.143. The van der Waals surface area contributed by atoms with Crippen LogP contribution in [0.25, 0.3) is 0 Å². The Labute approximate surface area is 165 Å². The van der Waals surface area contributed by atoms with Crippen molar-refractivity contribution in [3.63, 3.8) is 0 Å². The molecule has 1 aromatic rings. The van der Waals surface area contributed by atoms with Crippen molar-refractivity contribution in [3.05, 3.63) is 24.5 Å². The number of nitrogens with zero attached hydrogens (tertiary/aromatic N) is 4. The highest BCUT2D eigenvalue weighted by Gasteiger charge is 2.36. The van der Waals surface area contributed by atoms with Gasteiger partial charge < -0.3 is 24.8 Å². The van der Waals surface area contributed by atoms with E-state index in [2.05, 4.69) is 15.2 Å². The zero-order valence-corrected chi connectivity index (χ0v) is 16.3. The quantitative estimate of drug-likeness (QED) is 0.775. The first kappa shape index (κ1) is 19.1. The first-order valence-electron chi connectivity index (χ1n) is 10.2. The number of morpholine rings is 1. The molecule has 3 fully saturated rings. The molecule has 0 radical (unpaired) electrons. The van der Waals surface area contributed by atoms with Crippen LogP contribution in [0.4, 0.5) is 5.69 Å². The van der Waals surface area contributed by atoms with Crippen molar-refractivity contribution in [2.24, 2.45) is 11.8 Å². The smallest absolute Gasteiger partial charge is 0.227 e. The number of ether oxygens (including phenoxy) is 1. The predicted molar refractivity (Wildman–Crippen MR) is 105 cm³/mol. The van der Waals surface area contributed by atoms with Gasteiger partial charge in [-0.05, 0) is 18.6 Å². The molecule has 4 heterocycles. The van der Waals surface area contributed by atoms with E-state index in [0.29, 0.717) is 45.8 Å². The van der Waals surface area contributed by atoms with Crippen LogP contribution in [0.1, 0.15) is 6.42 Å². The largest absolute Gasteiger partial charge is 0.378 e. The monoisotopic (exact) mass is 387 g/mol. The molecule has 0 aromatic carbocycles. The van der Waals surface area contributed by atoms with Gasteiger partial charge in [0.25, 0.3) is 0 Å². The zero-order chi connectivity index (χ0) is 19.3. The highest BCUT2D eigenvalue weighted by molar-refractivity contribution is 5.83. The molecule has 2 amide bonds. The molecule has 8 nitrogen and oxygen atoms in total. The average Bonchev–Trinajstić information content (AvgIpc) is 2.79. The van der Waals surface area contributed by atoms with Crippen molar-refractivity contribution < 1.29 is 14.3 Å². The molecule has 1 aromatic heterocycles. The fourth-order valence-corrected chi connectivity index (χ4v) is 4.36. The van der Waals surface area contributed by atoms with Crippen molar-refractivity contribution in [2.45, 2.75) is 6.42 Å². The summed E-state index contributed by atoms with van der Waals surface area (Å²) in [5.74, 6) is 0.118. The van der Waals surface area contributed by atoms with Gasteiger partial charge in [-0.15, -0.1) is 0 Å². The summed E-state index contributed by atoms with van der Waals surface area (Å²) in [6.45, 7) is 6.95. The second kappa shape index (κ2) is 8.87. The normalized spacial score (nSPS) is 26.2. The first-order chi connectivity index (χ1) is 13.7. The number of aromatic nitrogens is 1. The van der Waals surface area contributed by atoms with E-state index in [-0.39, 0.29) is 23.7 Å². The third-order valence-corrected chi connectivity index (χ3v) is 5.99. The predicted octanol–water partition coefficient (Wildman–Crippen LogP) is -0.185.